The van der Waals surface area contributed by atoms with Gasteiger partial charge in [0.05, 0.1) is 4.92 Å². The Hall–Kier alpha value is -2.70. The smallest absolute Gasteiger partial charge is 0.295 e. The summed E-state index contributed by atoms with van der Waals surface area (Å²) in [6, 6.07) is 7.08. The third-order valence-electron chi connectivity index (χ3n) is 5.76. The lowest BCUT2D eigenvalue weighted by Gasteiger charge is -2.37. The number of benzene rings is 1. The SMILES string of the molecule is Cc1cc(N2CCN(C(=O)C3CCCC3)CC2)c2cccc([N+](=O)[O-])c2n1. The Labute approximate surface area is 158 Å². The number of hydrogen-bond donors (Lipinski definition) is 0. The predicted octanol–water partition coefficient (Wildman–Crippen LogP) is 3.29. The van der Waals surface area contributed by atoms with Gasteiger partial charge in [-0.1, -0.05) is 25.0 Å². The fourth-order valence-electron chi connectivity index (χ4n) is 4.35. The van der Waals surface area contributed by atoms with Crippen molar-refractivity contribution in [2.45, 2.75) is 32.6 Å². The van der Waals surface area contributed by atoms with Gasteiger partial charge in [0.1, 0.15) is 0 Å². The molecule has 1 saturated heterocycles. The minimum Gasteiger partial charge on any atom is -0.367 e. The minimum atomic E-state index is -0.378. The number of non-ortho nitro benzene ring substituents is 1. The molecule has 4 rings (SSSR count). The first-order valence-electron chi connectivity index (χ1n) is 9.63. The maximum atomic E-state index is 12.7. The summed E-state index contributed by atoms with van der Waals surface area (Å²) >= 11 is 0. The predicted molar refractivity (Wildman–Crippen MR) is 104 cm³/mol. The molecule has 7 nitrogen and oxygen atoms in total. The highest BCUT2D eigenvalue weighted by Crippen LogP contribution is 2.33. The Balaban J connectivity index is 1.58. The van der Waals surface area contributed by atoms with E-state index in [1.807, 2.05) is 24.0 Å². The molecule has 1 aromatic heterocycles. The fourth-order valence-corrected chi connectivity index (χ4v) is 4.35. The number of nitro benzene ring substituents is 1. The number of hydrogen-bond acceptors (Lipinski definition) is 5. The zero-order valence-corrected chi connectivity index (χ0v) is 15.6. The van der Waals surface area contributed by atoms with Gasteiger partial charge in [0, 0.05) is 54.9 Å². The lowest BCUT2D eigenvalue weighted by molar-refractivity contribution is -0.383. The van der Waals surface area contributed by atoms with Crippen molar-refractivity contribution in [3.05, 3.63) is 40.1 Å². The van der Waals surface area contributed by atoms with E-state index in [1.165, 1.54) is 6.07 Å². The van der Waals surface area contributed by atoms with Gasteiger partial charge in [0.15, 0.2) is 5.52 Å². The monoisotopic (exact) mass is 368 g/mol. The Morgan fingerprint density at radius 1 is 1.19 bits per heavy atom. The third kappa shape index (κ3) is 3.34. The summed E-state index contributed by atoms with van der Waals surface area (Å²) in [6.07, 6.45) is 4.38. The summed E-state index contributed by atoms with van der Waals surface area (Å²) in [5.41, 5.74) is 2.19. The second-order valence-electron chi connectivity index (χ2n) is 7.51. The van der Waals surface area contributed by atoms with E-state index in [9.17, 15) is 14.9 Å². The van der Waals surface area contributed by atoms with Crippen LogP contribution in [0.3, 0.4) is 0 Å². The Morgan fingerprint density at radius 3 is 2.56 bits per heavy atom. The van der Waals surface area contributed by atoms with Crippen molar-refractivity contribution in [3.8, 4) is 0 Å². The molecular formula is C20H24N4O3. The number of nitro groups is 1. The Kier molecular flexibility index (Phi) is 4.68. The maximum absolute atomic E-state index is 12.7. The van der Waals surface area contributed by atoms with Crippen LogP contribution in [0.4, 0.5) is 11.4 Å². The topological polar surface area (TPSA) is 79.6 Å². The van der Waals surface area contributed by atoms with Gasteiger partial charge in [-0.2, -0.15) is 0 Å². The van der Waals surface area contributed by atoms with Crippen LogP contribution in [0.25, 0.3) is 10.9 Å². The van der Waals surface area contributed by atoms with Crippen molar-refractivity contribution in [3.63, 3.8) is 0 Å². The molecule has 2 aliphatic rings. The molecule has 1 amide bonds. The first kappa shape index (κ1) is 17.7. The summed E-state index contributed by atoms with van der Waals surface area (Å²) in [7, 11) is 0. The van der Waals surface area contributed by atoms with Crippen LogP contribution < -0.4 is 4.90 Å². The Morgan fingerprint density at radius 2 is 1.89 bits per heavy atom. The van der Waals surface area contributed by atoms with Crippen molar-refractivity contribution < 1.29 is 9.72 Å². The molecule has 1 aliphatic heterocycles. The molecule has 142 valence electrons. The summed E-state index contributed by atoms with van der Waals surface area (Å²) < 4.78 is 0. The highest BCUT2D eigenvalue weighted by atomic mass is 16.6. The number of fused-ring (bicyclic) bond motifs is 1. The van der Waals surface area contributed by atoms with Gasteiger partial charge in [-0.3, -0.25) is 14.9 Å². The number of amides is 1. The number of aromatic nitrogens is 1. The number of rotatable bonds is 3. The van der Waals surface area contributed by atoms with Gasteiger partial charge in [-0.05, 0) is 25.8 Å². The molecule has 0 spiro atoms. The normalized spacial score (nSPS) is 18.3. The Bertz CT molecular complexity index is 884. The van der Waals surface area contributed by atoms with Crippen LogP contribution in [-0.2, 0) is 4.79 Å². The van der Waals surface area contributed by atoms with Gasteiger partial charge >= 0.3 is 0 Å². The van der Waals surface area contributed by atoms with E-state index in [0.29, 0.717) is 24.5 Å². The highest BCUT2D eigenvalue weighted by molar-refractivity contribution is 5.97. The first-order valence-corrected chi connectivity index (χ1v) is 9.63. The number of carbonyl (C=O) groups excluding carboxylic acids is 1. The van der Waals surface area contributed by atoms with Crippen molar-refractivity contribution in [2.24, 2.45) is 5.92 Å². The molecule has 1 aromatic carbocycles. The molecule has 1 aliphatic carbocycles. The molecule has 7 heteroatoms. The molecular weight excluding hydrogens is 344 g/mol. The van der Waals surface area contributed by atoms with Crippen LogP contribution in [-0.4, -0.2) is 46.9 Å². The van der Waals surface area contributed by atoms with Gasteiger partial charge < -0.3 is 9.80 Å². The number of aryl methyl sites for hydroxylation is 1. The second kappa shape index (κ2) is 7.13. The van der Waals surface area contributed by atoms with Gasteiger partial charge in [0.25, 0.3) is 5.69 Å². The minimum absolute atomic E-state index is 0.0347. The molecule has 0 atom stereocenters. The summed E-state index contributed by atoms with van der Waals surface area (Å²) in [5, 5.41) is 12.2. The highest BCUT2D eigenvalue weighted by Gasteiger charge is 2.30. The molecule has 1 saturated carbocycles. The number of nitrogens with zero attached hydrogens (tertiary/aromatic N) is 4. The molecule has 0 N–H and O–H groups in total. The van der Waals surface area contributed by atoms with E-state index in [4.69, 9.17) is 0 Å². The first-order chi connectivity index (χ1) is 13.0. The van der Waals surface area contributed by atoms with Crippen LogP contribution in [0.1, 0.15) is 31.4 Å². The fraction of sp³-hybridized carbons (Fsp3) is 0.500. The molecule has 2 aromatic rings. The zero-order chi connectivity index (χ0) is 19.0. The molecule has 0 bridgehead atoms. The molecule has 27 heavy (non-hydrogen) atoms. The summed E-state index contributed by atoms with van der Waals surface area (Å²) in [4.78, 5) is 32.3. The zero-order valence-electron chi connectivity index (χ0n) is 15.6. The molecule has 0 radical (unpaired) electrons. The van der Waals surface area contributed by atoms with E-state index in [-0.39, 0.29) is 16.5 Å². The number of pyridine rings is 1. The maximum Gasteiger partial charge on any atom is 0.295 e. The van der Waals surface area contributed by atoms with Crippen molar-refractivity contribution >= 4 is 28.2 Å². The van der Waals surface area contributed by atoms with Crippen molar-refractivity contribution in [1.82, 2.24) is 9.88 Å². The average molecular weight is 368 g/mol. The van der Waals surface area contributed by atoms with Gasteiger partial charge in [-0.25, -0.2) is 4.98 Å². The van der Waals surface area contributed by atoms with Crippen LogP contribution in [0, 0.1) is 23.0 Å². The van der Waals surface area contributed by atoms with Crippen LogP contribution in [0.5, 0.6) is 0 Å². The number of anilines is 1. The summed E-state index contributed by atoms with van der Waals surface area (Å²) in [6.45, 7) is 4.74. The number of piperazine rings is 1. The summed E-state index contributed by atoms with van der Waals surface area (Å²) in [5.74, 6) is 0.516. The van der Waals surface area contributed by atoms with E-state index in [2.05, 4.69) is 9.88 Å². The number of carbonyl (C=O) groups is 1. The van der Waals surface area contributed by atoms with Crippen molar-refractivity contribution in [1.29, 1.82) is 0 Å². The quantitative estimate of drug-likeness (QED) is 0.613. The van der Waals surface area contributed by atoms with Crippen molar-refractivity contribution in [2.75, 3.05) is 31.1 Å². The van der Waals surface area contributed by atoms with Crippen LogP contribution in [0.15, 0.2) is 24.3 Å². The molecule has 2 fully saturated rings. The van der Waals surface area contributed by atoms with Crippen LogP contribution in [0.2, 0.25) is 0 Å². The van der Waals surface area contributed by atoms with Crippen LogP contribution >= 0.6 is 0 Å². The number of para-hydroxylation sites is 1. The molecule has 2 heterocycles. The average Bonchev–Trinajstić information content (AvgIpc) is 3.21. The van der Waals surface area contributed by atoms with Gasteiger partial charge in [-0.15, -0.1) is 0 Å². The van der Waals surface area contributed by atoms with E-state index in [0.717, 1.165) is 55.5 Å². The standard InChI is InChI=1S/C20H24N4O3/c1-14-13-18(16-7-4-8-17(24(26)27)19(16)21-14)22-9-11-23(12-10-22)20(25)15-5-2-3-6-15/h4,7-8,13,15H,2-3,5-6,9-12H2,1H3. The largest absolute Gasteiger partial charge is 0.367 e. The van der Waals surface area contributed by atoms with E-state index in [1.54, 1.807) is 6.07 Å². The lowest BCUT2D eigenvalue weighted by Crippen LogP contribution is -2.50. The third-order valence-corrected chi connectivity index (χ3v) is 5.76. The van der Waals surface area contributed by atoms with Gasteiger partial charge in [0.2, 0.25) is 5.91 Å². The van der Waals surface area contributed by atoms with E-state index >= 15 is 0 Å². The second-order valence-corrected chi connectivity index (χ2v) is 7.51. The lowest BCUT2D eigenvalue weighted by atomic mass is 10.1. The molecule has 0 unspecified atom stereocenters. The van der Waals surface area contributed by atoms with E-state index < -0.39 is 0 Å².